The SMILES string of the molecule is CCCC[Si](CCCC)(CCCC)c1c(F)c(F)c(F)c(F)c1Br. The van der Waals surface area contributed by atoms with E-state index < -0.39 is 31.3 Å². The minimum Gasteiger partial charge on any atom is -0.204 e. The molecule has 0 spiro atoms. The van der Waals surface area contributed by atoms with Gasteiger partial charge in [-0.1, -0.05) is 77.4 Å². The second-order valence-electron chi connectivity index (χ2n) is 6.54. The maximum absolute atomic E-state index is 14.7. The van der Waals surface area contributed by atoms with Gasteiger partial charge in [0, 0.05) is 0 Å². The van der Waals surface area contributed by atoms with E-state index in [0.717, 1.165) is 56.7 Å². The highest BCUT2D eigenvalue weighted by Gasteiger charge is 2.40. The van der Waals surface area contributed by atoms with Gasteiger partial charge in [0.15, 0.2) is 23.3 Å². The summed E-state index contributed by atoms with van der Waals surface area (Å²) < 4.78 is 56.1. The summed E-state index contributed by atoms with van der Waals surface area (Å²) in [7, 11) is -2.48. The van der Waals surface area contributed by atoms with Crippen molar-refractivity contribution < 1.29 is 17.6 Å². The van der Waals surface area contributed by atoms with Crippen LogP contribution in [0.1, 0.15) is 59.3 Å². The van der Waals surface area contributed by atoms with Gasteiger partial charge >= 0.3 is 0 Å². The fourth-order valence-corrected chi connectivity index (χ4v) is 10.7. The molecule has 138 valence electrons. The predicted molar refractivity (Wildman–Crippen MR) is 98.5 cm³/mol. The zero-order valence-corrected chi connectivity index (χ0v) is 17.3. The van der Waals surface area contributed by atoms with Gasteiger partial charge in [0.05, 0.1) is 12.5 Å². The van der Waals surface area contributed by atoms with Crippen LogP contribution in [0.25, 0.3) is 0 Å². The van der Waals surface area contributed by atoms with E-state index in [4.69, 9.17) is 0 Å². The molecule has 0 bridgehead atoms. The molecule has 1 aromatic rings. The molecule has 0 unspecified atom stereocenters. The molecule has 0 amide bonds. The zero-order valence-electron chi connectivity index (χ0n) is 14.8. The van der Waals surface area contributed by atoms with E-state index in [1.165, 1.54) is 0 Å². The molecule has 0 fully saturated rings. The van der Waals surface area contributed by atoms with Crippen LogP contribution in [0.15, 0.2) is 4.47 Å². The molecule has 1 rings (SSSR count). The molecule has 0 heterocycles. The third-order valence-corrected chi connectivity index (χ3v) is 11.3. The largest absolute Gasteiger partial charge is 0.204 e. The standard InChI is InChI=1S/C18H27BrF4Si/c1-4-7-10-24(11-8-5-2,12-9-6-3)18-13(19)14(20)15(21)16(22)17(18)23/h4-12H2,1-3H3. The Bertz CT molecular complexity index is 498. The topological polar surface area (TPSA) is 0 Å². The highest BCUT2D eigenvalue weighted by atomic mass is 79.9. The minimum atomic E-state index is -2.48. The van der Waals surface area contributed by atoms with Crippen molar-refractivity contribution >= 4 is 29.2 Å². The zero-order chi connectivity index (χ0) is 18.3. The second kappa shape index (κ2) is 9.95. The normalized spacial score (nSPS) is 12.0. The Morgan fingerprint density at radius 2 is 1.04 bits per heavy atom. The summed E-state index contributed by atoms with van der Waals surface area (Å²) in [4.78, 5) is 0. The Labute approximate surface area is 152 Å². The first-order valence-corrected chi connectivity index (χ1v) is 12.3. The van der Waals surface area contributed by atoms with Gasteiger partial charge in [-0.25, -0.2) is 17.6 Å². The van der Waals surface area contributed by atoms with Crippen molar-refractivity contribution in [3.05, 3.63) is 27.7 Å². The van der Waals surface area contributed by atoms with Gasteiger partial charge in [0.2, 0.25) is 0 Å². The smallest absolute Gasteiger partial charge is 0.198 e. The summed E-state index contributed by atoms with van der Waals surface area (Å²) in [5.74, 6) is -5.89. The quantitative estimate of drug-likeness (QED) is 0.162. The summed E-state index contributed by atoms with van der Waals surface area (Å²) in [6.07, 6.45) is 5.51. The van der Waals surface area contributed by atoms with Gasteiger partial charge in [-0.2, -0.15) is 0 Å². The molecular weight excluding hydrogens is 400 g/mol. The Morgan fingerprint density at radius 3 is 1.42 bits per heavy atom. The third-order valence-electron chi connectivity index (χ3n) is 4.77. The van der Waals surface area contributed by atoms with E-state index in [9.17, 15) is 17.6 Å². The maximum atomic E-state index is 14.7. The van der Waals surface area contributed by atoms with Crippen LogP contribution in [0.3, 0.4) is 0 Å². The lowest BCUT2D eigenvalue weighted by atomic mass is 10.3. The molecule has 0 atom stereocenters. The van der Waals surface area contributed by atoms with Crippen molar-refractivity contribution in [2.75, 3.05) is 0 Å². The molecule has 1 aromatic carbocycles. The van der Waals surface area contributed by atoms with Crippen LogP contribution in [0.5, 0.6) is 0 Å². The predicted octanol–water partition coefficient (Wildman–Crippen LogP) is 7.06. The van der Waals surface area contributed by atoms with Crippen molar-refractivity contribution in [2.45, 2.75) is 77.4 Å². The number of benzene rings is 1. The molecular formula is C18H27BrF4Si. The van der Waals surface area contributed by atoms with Gasteiger partial charge in [-0.15, -0.1) is 0 Å². The molecule has 0 nitrogen and oxygen atoms in total. The lowest BCUT2D eigenvalue weighted by Crippen LogP contribution is -2.51. The first-order chi connectivity index (χ1) is 11.4. The highest BCUT2D eigenvalue weighted by molar-refractivity contribution is 9.10. The average molecular weight is 427 g/mol. The summed E-state index contributed by atoms with van der Waals surface area (Å²) in [5, 5.41) is 0.120. The van der Waals surface area contributed by atoms with E-state index in [-0.39, 0.29) is 9.66 Å². The highest BCUT2D eigenvalue weighted by Crippen LogP contribution is 2.34. The average Bonchev–Trinajstić information content (AvgIpc) is 2.59. The molecule has 0 aliphatic rings. The summed E-state index contributed by atoms with van der Waals surface area (Å²) in [5.41, 5.74) is 0. The second-order valence-corrected chi connectivity index (χ2v) is 11.9. The van der Waals surface area contributed by atoms with Crippen molar-refractivity contribution in [1.29, 1.82) is 0 Å². The maximum Gasteiger partial charge on any atom is 0.198 e. The molecule has 0 aromatic heterocycles. The lowest BCUT2D eigenvalue weighted by Gasteiger charge is -2.34. The van der Waals surface area contributed by atoms with Crippen LogP contribution in [-0.2, 0) is 0 Å². The van der Waals surface area contributed by atoms with Crippen molar-refractivity contribution in [3.8, 4) is 0 Å². The number of halogens is 5. The molecule has 24 heavy (non-hydrogen) atoms. The van der Waals surface area contributed by atoms with Crippen LogP contribution in [0, 0.1) is 23.3 Å². The number of rotatable bonds is 10. The fraction of sp³-hybridized carbons (Fsp3) is 0.667. The number of hydrogen-bond donors (Lipinski definition) is 0. The van der Waals surface area contributed by atoms with E-state index in [1.807, 2.05) is 0 Å². The van der Waals surface area contributed by atoms with Crippen LogP contribution >= 0.6 is 15.9 Å². The van der Waals surface area contributed by atoms with E-state index in [1.54, 1.807) is 0 Å². The minimum absolute atomic E-state index is 0.120. The van der Waals surface area contributed by atoms with Gasteiger partial charge in [0.1, 0.15) is 0 Å². The third kappa shape index (κ3) is 4.62. The first-order valence-electron chi connectivity index (χ1n) is 8.88. The van der Waals surface area contributed by atoms with Crippen LogP contribution in [0.4, 0.5) is 17.6 Å². The molecule has 0 radical (unpaired) electrons. The first kappa shape index (κ1) is 21.7. The molecule has 0 N–H and O–H groups in total. The molecule has 0 saturated carbocycles. The Hall–Kier alpha value is -0.363. The fourth-order valence-electron chi connectivity index (χ4n) is 3.37. The van der Waals surface area contributed by atoms with Crippen molar-refractivity contribution in [2.24, 2.45) is 0 Å². The van der Waals surface area contributed by atoms with Gasteiger partial charge in [-0.05, 0) is 21.1 Å². The summed E-state index contributed by atoms with van der Waals surface area (Å²) in [6.45, 7) is 6.15. The Balaban J connectivity index is 3.56. The number of unbranched alkanes of at least 4 members (excludes halogenated alkanes) is 3. The number of hydrogen-bond acceptors (Lipinski definition) is 0. The van der Waals surface area contributed by atoms with E-state index in [2.05, 4.69) is 36.7 Å². The monoisotopic (exact) mass is 426 g/mol. The van der Waals surface area contributed by atoms with E-state index in [0.29, 0.717) is 0 Å². The Morgan fingerprint density at radius 1 is 0.667 bits per heavy atom. The van der Waals surface area contributed by atoms with Crippen LogP contribution in [0.2, 0.25) is 18.1 Å². The van der Waals surface area contributed by atoms with Gasteiger partial charge in [-0.3, -0.25) is 0 Å². The lowest BCUT2D eigenvalue weighted by molar-refractivity contribution is 0.409. The van der Waals surface area contributed by atoms with Crippen LogP contribution < -0.4 is 5.19 Å². The summed E-state index contributed by atoms with van der Waals surface area (Å²) >= 11 is 3.04. The van der Waals surface area contributed by atoms with E-state index >= 15 is 0 Å². The molecule has 6 heteroatoms. The Kier molecular flexibility index (Phi) is 8.99. The van der Waals surface area contributed by atoms with Gasteiger partial charge < -0.3 is 0 Å². The molecule has 0 aliphatic carbocycles. The van der Waals surface area contributed by atoms with Crippen LogP contribution in [-0.4, -0.2) is 8.07 Å². The van der Waals surface area contributed by atoms with Gasteiger partial charge in [0.25, 0.3) is 0 Å². The van der Waals surface area contributed by atoms with Crippen molar-refractivity contribution in [3.63, 3.8) is 0 Å². The molecule has 0 aliphatic heterocycles. The summed E-state index contributed by atoms with van der Waals surface area (Å²) in [6, 6.07) is 2.34. The molecule has 0 saturated heterocycles. The van der Waals surface area contributed by atoms with Crippen molar-refractivity contribution in [1.82, 2.24) is 0 Å².